The van der Waals surface area contributed by atoms with Crippen molar-refractivity contribution < 1.29 is 18.0 Å². The van der Waals surface area contributed by atoms with E-state index in [2.05, 4.69) is 5.32 Å². The van der Waals surface area contributed by atoms with Gasteiger partial charge in [0, 0.05) is 18.1 Å². The summed E-state index contributed by atoms with van der Waals surface area (Å²) >= 11 is 6.10. The number of likely N-dealkylation sites (N-methyl/N-ethyl adjacent to an activating group) is 1. The number of nitrogens with zero attached hydrogens (tertiary/aromatic N) is 2. The van der Waals surface area contributed by atoms with Crippen LogP contribution in [0, 0.1) is 0 Å². The summed E-state index contributed by atoms with van der Waals surface area (Å²) in [5.41, 5.74) is 2.01. The lowest BCUT2D eigenvalue weighted by atomic mass is 10.0. The number of anilines is 1. The van der Waals surface area contributed by atoms with Gasteiger partial charge in [0.05, 0.1) is 11.9 Å². The van der Waals surface area contributed by atoms with Crippen LogP contribution in [0.2, 0.25) is 5.02 Å². The second-order valence-electron chi connectivity index (χ2n) is 8.21. The van der Waals surface area contributed by atoms with Crippen LogP contribution in [0.3, 0.4) is 0 Å². The predicted octanol–water partition coefficient (Wildman–Crippen LogP) is 3.78. The van der Waals surface area contributed by atoms with Gasteiger partial charge in [-0.1, -0.05) is 55.8 Å². The number of carbonyl (C=O) groups is 2. The van der Waals surface area contributed by atoms with E-state index in [1.54, 1.807) is 50.2 Å². The monoisotopic (exact) mass is 493 g/mol. The Kier molecular flexibility index (Phi) is 9.31. The summed E-state index contributed by atoms with van der Waals surface area (Å²) in [6, 6.07) is 13.3. The summed E-state index contributed by atoms with van der Waals surface area (Å²) in [6.07, 6.45) is 1.08. The van der Waals surface area contributed by atoms with Crippen LogP contribution in [0.1, 0.15) is 44.7 Å². The molecule has 180 valence electrons. The highest BCUT2D eigenvalue weighted by atomic mass is 35.5. The first-order valence-electron chi connectivity index (χ1n) is 10.8. The Bertz CT molecular complexity index is 1090. The lowest BCUT2D eigenvalue weighted by molar-refractivity contribution is -0.139. The fraction of sp³-hybridized carbons (Fsp3) is 0.417. The SMILES string of the molecule is CCNC(=O)C(C)N(Cc1cccc(Cl)c1)C(=O)CN(c1ccccc1C(C)C)S(C)(=O)=O. The van der Waals surface area contributed by atoms with E-state index in [4.69, 9.17) is 11.6 Å². The second kappa shape index (κ2) is 11.5. The van der Waals surface area contributed by atoms with Crippen molar-refractivity contribution in [3.8, 4) is 0 Å². The minimum Gasteiger partial charge on any atom is -0.355 e. The first kappa shape index (κ1) is 26.7. The third-order valence-corrected chi connectivity index (χ3v) is 6.63. The van der Waals surface area contributed by atoms with Crippen molar-refractivity contribution in [2.45, 2.75) is 46.2 Å². The van der Waals surface area contributed by atoms with E-state index in [0.29, 0.717) is 17.3 Å². The van der Waals surface area contributed by atoms with E-state index < -0.39 is 28.5 Å². The van der Waals surface area contributed by atoms with Crippen LogP contribution in [-0.4, -0.2) is 50.5 Å². The van der Waals surface area contributed by atoms with Crippen molar-refractivity contribution >= 4 is 39.1 Å². The maximum absolute atomic E-state index is 13.5. The minimum absolute atomic E-state index is 0.0531. The van der Waals surface area contributed by atoms with Crippen LogP contribution in [0.4, 0.5) is 5.69 Å². The highest BCUT2D eigenvalue weighted by Crippen LogP contribution is 2.29. The number of para-hydroxylation sites is 1. The van der Waals surface area contributed by atoms with Crippen molar-refractivity contribution in [1.29, 1.82) is 0 Å². The largest absolute Gasteiger partial charge is 0.355 e. The molecule has 0 heterocycles. The minimum atomic E-state index is -3.77. The summed E-state index contributed by atoms with van der Waals surface area (Å²) in [4.78, 5) is 27.5. The third kappa shape index (κ3) is 7.20. The first-order valence-corrected chi connectivity index (χ1v) is 13.1. The molecular formula is C24H32ClN3O4S. The van der Waals surface area contributed by atoms with Crippen LogP contribution in [0.25, 0.3) is 0 Å². The highest BCUT2D eigenvalue weighted by Gasteiger charge is 2.30. The summed E-state index contributed by atoms with van der Waals surface area (Å²) in [5.74, 6) is -0.753. The quantitative estimate of drug-likeness (QED) is 0.545. The summed E-state index contributed by atoms with van der Waals surface area (Å²) in [6.45, 7) is 7.45. The van der Waals surface area contributed by atoms with Gasteiger partial charge in [-0.05, 0) is 49.1 Å². The molecule has 0 spiro atoms. The molecular weight excluding hydrogens is 462 g/mol. The lowest BCUT2D eigenvalue weighted by Gasteiger charge is -2.32. The van der Waals surface area contributed by atoms with Crippen molar-refractivity contribution in [2.24, 2.45) is 0 Å². The zero-order valence-electron chi connectivity index (χ0n) is 19.7. The van der Waals surface area contributed by atoms with Crippen molar-refractivity contribution in [1.82, 2.24) is 10.2 Å². The smallest absolute Gasteiger partial charge is 0.244 e. The molecule has 0 aromatic heterocycles. The highest BCUT2D eigenvalue weighted by molar-refractivity contribution is 7.92. The van der Waals surface area contributed by atoms with Crippen LogP contribution in [0.15, 0.2) is 48.5 Å². The van der Waals surface area contributed by atoms with Crippen molar-refractivity contribution in [3.63, 3.8) is 0 Å². The van der Waals surface area contributed by atoms with Crippen LogP contribution in [0.5, 0.6) is 0 Å². The zero-order valence-corrected chi connectivity index (χ0v) is 21.3. The molecule has 33 heavy (non-hydrogen) atoms. The maximum atomic E-state index is 13.5. The van der Waals surface area contributed by atoms with Crippen molar-refractivity contribution in [2.75, 3.05) is 23.7 Å². The molecule has 0 saturated carbocycles. The Morgan fingerprint density at radius 2 is 1.73 bits per heavy atom. The van der Waals surface area contributed by atoms with Gasteiger partial charge in [0.2, 0.25) is 21.8 Å². The van der Waals surface area contributed by atoms with Gasteiger partial charge in [0.15, 0.2) is 0 Å². The number of amides is 2. The Labute approximate surface area is 201 Å². The number of rotatable bonds is 10. The Morgan fingerprint density at radius 3 is 2.30 bits per heavy atom. The predicted molar refractivity (Wildman–Crippen MR) is 133 cm³/mol. The van der Waals surface area contributed by atoms with Gasteiger partial charge >= 0.3 is 0 Å². The van der Waals surface area contributed by atoms with Gasteiger partial charge in [-0.3, -0.25) is 13.9 Å². The van der Waals surface area contributed by atoms with E-state index in [0.717, 1.165) is 21.7 Å². The molecule has 7 nitrogen and oxygen atoms in total. The zero-order chi connectivity index (χ0) is 24.8. The lowest BCUT2D eigenvalue weighted by Crippen LogP contribution is -2.51. The standard InChI is InChI=1S/C24H32ClN3O4S/c1-6-26-24(30)18(4)27(15-19-10-9-11-20(25)14-19)23(29)16-28(33(5,31)32)22-13-8-7-12-21(22)17(2)3/h7-14,17-18H,6,15-16H2,1-5H3,(H,26,30). The molecule has 1 N–H and O–H groups in total. The second-order valence-corrected chi connectivity index (χ2v) is 10.5. The fourth-order valence-electron chi connectivity index (χ4n) is 3.53. The molecule has 0 aliphatic carbocycles. The Morgan fingerprint density at radius 1 is 1.06 bits per heavy atom. The molecule has 2 aromatic rings. The van der Waals surface area contributed by atoms with E-state index >= 15 is 0 Å². The number of halogens is 1. The third-order valence-electron chi connectivity index (χ3n) is 5.27. The molecule has 0 bridgehead atoms. The first-order chi connectivity index (χ1) is 15.5. The molecule has 2 aromatic carbocycles. The number of nitrogens with one attached hydrogen (secondary N) is 1. The average molecular weight is 494 g/mol. The Hall–Kier alpha value is -2.58. The molecule has 0 aliphatic heterocycles. The molecule has 9 heteroatoms. The van der Waals surface area contributed by atoms with Crippen LogP contribution in [-0.2, 0) is 26.2 Å². The number of carbonyl (C=O) groups excluding carboxylic acids is 2. The van der Waals surface area contributed by atoms with E-state index in [1.165, 1.54) is 4.90 Å². The van der Waals surface area contributed by atoms with Gasteiger partial charge in [-0.15, -0.1) is 0 Å². The number of sulfonamides is 1. The molecule has 1 unspecified atom stereocenters. The summed E-state index contributed by atoms with van der Waals surface area (Å²) in [5, 5.41) is 3.23. The van der Waals surface area contributed by atoms with E-state index in [-0.39, 0.29) is 18.4 Å². The summed E-state index contributed by atoms with van der Waals surface area (Å²) < 4.78 is 26.6. The number of hydrogen-bond acceptors (Lipinski definition) is 4. The average Bonchev–Trinajstić information content (AvgIpc) is 2.74. The summed E-state index contributed by atoms with van der Waals surface area (Å²) in [7, 11) is -3.77. The van der Waals surface area contributed by atoms with Gasteiger partial charge in [-0.2, -0.15) is 0 Å². The topological polar surface area (TPSA) is 86.8 Å². The van der Waals surface area contributed by atoms with Gasteiger partial charge in [-0.25, -0.2) is 8.42 Å². The fourth-order valence-corrected chi connectivity index (χ4v) is 4.62. The van der Waals surface area contributed by atoms with Gasteiger partial charge < -0.3 is 10.2 Å². The van der Waals surface area contributed by atoms with Gasteiger partial charge in [0.1, 0.15) is 12.6 Å². The van der Waals surface area contributed by atoms with E-state index in [1.807, 2.05) is 26.0 Å². The number of hydrogen-bond donors (Lipinski definition) is 1. The molecule has 0 radical (unpaired) electrons. The molecule has 0 aliphatic rings. The molecule has 0 saturated heterocycles. The van der Waals surface area contributed by atoms with Crippen molar-refractivity contribution in [3.05, 3.63) is 64.7 Å². The number of benzene rings is 2. The molecule has 2 rings (SSSR count). The normalized spacial score (nSPS) is 12.3. The maximum Gasteiger partial charge on any atom is 0.244 e. The molecule has 1 atom stereocenters. The van der Waals surface area contributed by atoms with Gasteiger partial charge in [0.25, 0.3) is 0 Å². The Balaban J connectivity index is 2.45. The van der Waals surface area contributed by atoms with Crippen LogP contribution >= 0.6 is 11.6 Å². The van der Waals surface area contributed by atoms with E-state index in [9.17, 15) is 18.0 Å². The molecule has 2 amide bonds. The molecule has 0 fully saturated rings. The van der Waals surface area contributed by atoms with Crippen LogP contribution < -0.4 is 9.62 Å².